The van der Waals surface area contributed by atoms with E-state index in [2.05, 4.69) is 10.3 Å². The number of nitrogens with zero attached hydrogens (tertiary/aromatic N) is 4. The van der Waals surface area contributed by atoms with E-state index in [4.69, 9.17) is 4.74 Å². The monoisotopic (exact) mass is 358 g/mol. The molecule has 1 aliphatic rings. The molecule has 0 aliphatic carbocycles. The quantitative estimate of drug-likeness (QED) is 0.883. The molecule has 26 heavy (non-hydrogen) atoms. The lowest BCUT2D eigenvalue weighted by molar-refractivity contribution is -0.138. The third kappa shape index (κ3) is 3.88. The van der Waals surface area contributed by atoms with Crippen LogP contribution in [0.2, 0.25) is 0 Å². The number of hydrogen-bond donors (Lipinski definition) is 1. The van der Waals surface area contributed by atoms with Gasteiger partial charge in [-0.2, -0.15) is 0 Å². The standard InChI is InChI=1S/C19H26N4O3/c1-14(2)23-12-17(20-21-23)19(25)9-4-10-22(13-19)18(24)11-15-5-7-16(26-3)8-6-15/h5-8,12,14,25H,4,9-11,13H2,1-3H3. The van der Waals surface area contributed by atoms with E-state index in [-0.39, 0.29) is 18.5 Å². The van der Waals surface area contributed by atoms with Crippen LogP contribution in [0.15, 0.2) is 30.5 Å². The fraction of sp³-hybridized carbons (Fsp3) is 0.526. The van der Waals surface area contributed by atoms with Gasteiger partial charge in [0.15, 0.2) is 0 Å². The van der Waals surface area contributed by atoms with Crippen LogP contribution in [-0.2, 0) is 16.8 Å². The van der Waals surface area contributed by atoms with Crippen LogP contribution in [-0.4, -0.2) is 51.1 Å². The van der Waals surface area contributed by atoms with Crippen molar-refractivity contribution in [2.75, 3.05) is 20.2 Å². The van der Waals surface area contributed by atoms with Crippen LogP contribution in [0.1, 0.15) is 44.0 Å². The second-order valence-electron chi connectivity index (χ2n) is 7.15. The van der Waals surface area contributed by atoms with Gasteiger partial charge in [-0.1, -0.05) is 17.3 Å². The Hall–Kier alpha value is -2.41. The Morgan fingerprint density at radius 2 is 2.08 bits per heavy atom. The van der Waals surface area contributed by atoms with Crippen LogP contribution >= 0.6 is 0 Å². The highest BCUT2D eigenvalue weighted by atomic mass is 16.5. The minimum Gasteiger partial charge on any atom is -0.497 e. The maximum absolute atomic E-state index is 12.7. The molecule has 1 fully saturated rings. The molecule has 1 aromatic heterocycles. The van der Waals surface area contributed by atoms with Gasteiger partial charge in [-0.3, -0.25) is 4.79 Å². The predicted octanol–water partition coefficient (Wildman–Crippen LogP) is 1.92. The lowest BCUT2D eigenvalue weighted by atomic mass is 9.89. The summed E-state index contributed by atoms with van der Waals surface area (Å²) < 4.78 is 6.87. The molecular formula is C19H26N4O3. The van der Waals surface area contributed by atoms with Crippen molar-refractivity contribution >= 4 is 5.91 Å². The van der Waals surface area contributed by atoms with E-state index >= 15 is 0 Å². The summed E-state index contributed by atoms with van der Waals surface area (Å²) in [7, 11) is 1.62. The number of carbonyl (C=O) groups is 1. The number of piperidine rings is 1. The van der Waals surface area contributed by atoms with Crippen LogP contribution in [0.3, 0.4) is 0 Å². The van der Waals surface area contributed by atoms with E-state index in [1.165, 1.54) is 0 Å². The maximum Gasteiger partial charge on any atom is 0.227 e. The number of amides is 1. The first-order chi connectivity index (χ1) is 12.4. The van der Waals surface area contributed by atoms with Gasteiger partial charge in [0.25, 0.3) is 0 Å². The van der Waals surface area contributed by atoms with Crippen molar-refractivity contribution in [3.8, 4) is 5.75 Å². The van der Waals surface area contributed by atoms with Crippen molar-refractivity contribution in [2.24, 2.45) is 0 Å². The zero-order valence-corrected chi connectivity index (χ0v) is 15.6. The summed E-state index contributed by atoms with van der Waals surface area (Å²) in [5.74, 6) is 0.770. The number of β-amino-alcohol motifs (C(OH)–C–C–N with tert-alkyl or cyclic N) is 1. The largest absolute Gasteiger partial charge is 0.497 e. The molecule has 1 aliphatic heterocycles. The predicted molar refractivity (Wildman–Crippen MR) is 96.8 cm³/mol. The van der Waals surface area contributed by atoms with Gasteiger partial charge in [0, 0.05) is 12.6 Å². The van der Waals surface area contributed by atoms with Gasteiger partial charge in [-0.05, 0) is 44.4 Å². The van der Waals surface area contributed by atoms with Gasteiger partial charge < -0.3 is 14.7 Å². The van der Waals surface area contributed by atoms with Crippen molar-refractivity contribution in [1.29, 1.82) is 0 Å². The van der Waals surface area contributed by atoms with Gasteiger partial charge in [0.1, 0.15) is 17.0 Å². The lowest BCUT2D eigenvalue weighted by Crippen LogP contribution is -2.49. The molecule has 140 valence electrons. The molecule has 0 spiro atoms. The summed E-state index contributed by atoms with van der Waals surface area (Å²) in [6.07, 6.45) is 3.40. The third-order valence-corrected chi connectivity index (χ3v) is 4.85. The topological polar surface area (TPSA) is 80.5 Å². The summed E-state index contributed by atoms with van der Waals surface area (Å²) in [5.41, 5.74) is 0.324. The molecule has 1 saturated heterocycles. The number of methoxy groups -OCH3 is 1. The molecule has 1 N–H and O–H groups in total. The Labute approximate surface area is 153 Å². The molecule has 1 aromatic carbocycles. The van der Waals surface area contributed by atoms with E-state index < -0.39 is 5.60 Å². The average Bonchev–Trinajstić information content (AvgIpc) is 3.14. The molecule has 7 nitrogen and oxygen atoms in total. The van der Waals surface area contributed by atoms with E-state index in [0.717, 1.165) is 17.7 Å². The molecule has 1 amide bonds. The number of benzene rings is 1. The van der Waals surface area contributed by atoms with Crippen molar-refractivity contribution in [3.63, 3.8) is 0 Å². The summed E-state index contributed by atoms with van der Waals surface area (Å²) >= 11 is 0. The average molecular weight is 358 g/mol. The number of hydrogen-bond acceptors (Lipinski definition) is 5. The number of carbonyl (C=O) groups excluding carboxylic acids is 1. The highest BCUT2D eigenvalue weighted by molar-refractivity contribution is 5.79. The van der Waals surface area contributed by atoms with E-state index in [1.54, 1.807) is 22.9 Å². The zero-order chi connectivity index (χ0) is 18.7. The number of aromatic nitrogens is 3. The molecule has 1 atom stereocenters. The first-order valence-electron chi connectivity index (χ1n) is 8.97. The normalized spacial score (nSPS) is 20.4. The molecule has 0 radical (unpaired) electrons. The first-order valence-corrected chi connectivity index (χ1v) is 8.97. The fourth-order valence-electron chi connectivity index (χ4n) is 3.23. The second-order valence-corrected chi connectivity index (χ2v) is 7.15. The Kier molecular flexibility index (Phi) is 5.27. The Balaban J connectivity index is 1.69. The van der Waals surface area contributed by atoms with E-state index in [0.29, 0.717) is 25.1 Å². The van der Waals surface area contributed by atoms with Crippen molar-refractivity contribution in [3.05, 3.63) is 41.7 Å². The molecule has 2 heterocycles. The lowest BCUT2D eigenvalue weighted by Gasteiger charge is -2.38. The highest BCUT2D eigenvalue weighted by Gasteiger charge is 2.39. The number of aliphatic hydroxyl groups is 1. The van der Waals surface area contributed by atoms with Crippen LogP contribution in [0.4, 0.5) is 0 Å². The molecule has 7 heteroatoms. The third-order valence-electron chi connectivity index (χ3n) is 4.85. The Morgan fingerprint density at radius 3 is 2.69 bits per heavy atom. The summed E-state index contributed by atoms with van der Waals surface area (Å²) in [4.78, 5) is 14.4. The van der Waals surface area contributed by atoms with E-state index in [9.17, 15) is 9.90 Å². The number of likely N-dealkylation sites (tertiary alicyclic amines) is 1. The molecule has 2 aromatic rings. The molecule has 0 bridgehead atoms. The summed E-state index contributed by atoms with van der Waals surface area (Å²) in [6, 6.07) is 7.65. The second kappa shape index (κ2) is 7.45. The molecule has 1 unspecified atom stereocenters. The number of ether oxygens (including phenoxy) is 1. The Morgan fingerprint density at radius 1 is 1.35 bits per heavy atom. The summed E-state index contributed by atoms with van der Waals surface area (Å²) in [6.45, 7) is 4.91. The van der Waals surface area contributed by atoms with E-state index in [1.807, 2.05) is 38.1 Å². The first kappa shape index (κ1) is 18.4. The SMILES string of the molecule is COc1ccc(CC(=O)N2CCCC(O)(c3cn(C(C)C)nn3)C2)cc1. The van der Waals surface area contributed by atoms with Gasteiger partial charge in [0.05, 0.1) is 26.3 Å². The smallest absolute Gasteiger partial charge is 0.227 e. The summed E-state index contributed by atoms with van der Waals surface area (Å²) in [5, 5.41) is 19.3. The van der Waals surface area contributed by atoms with Crippen LogP contribution < -0.4 is 4.74 Å². The molecule has 3 rings (SSSR count). The fourth-order valence-corrected chi connectivity index (χ4v) is 3.23. The zero-order valence-electron chi connectivity index (χ0n) is 15.6. The molecule has 0 saturated carbocycles. The Bertz CT molecular complexity index is 756. The van der Waals surface area contributed by atoms with Gasteiger partial charge in [-0.25, -0.2) is 4.68 Å². The van der Waals surface area contributed by atoms with Gasteiger partial charge >= 0.3 is 0 Å². The molecular weight excluding hydrogens is 332 g/mol. The van der Waals surface area contributed by atoms with Gasteiger partial charge in [-0.15, -0.1) is 5.10 Å². The maximum atomic E-state index is 12.7. The minimum absolute atomic E-state index is 0.00421. The van der Waals surface area contributed by atoms with Crippen LogP contribution in [0, 0.1) is 0 Å². The van der Waals surface area contributed by atoms with Crippen LogP contribution in [0.5, 0.6) is 5.75 Å². The van der Waals surface area contributed by atoms with Crippen molar-refractivity contribution < 1.29 is 14.6 Å². The van der Waals surface area contributed by atoms with Crippen LogP contribution in [0.25, 0.3) is 0 Å². The van der Waals surface area contributed by atoms with Crippen molar-refractivity contribution in [1.82, 2.24) is 19.9 Å². The van der Waals surface area contributed by atoms with Crippen molar-refractivity contribution in [2.45, 2.75) is 44.8 Å². The highest BCUT2D eigenvalue weighted by Crippen LogP contribution is 2.30. The van der Waals surface area contributed by atoms with Gasteiger partial charge in [0.2, 0.25) is 5.91 Å². The minimum atomic E-state index is -1.14. The number of rotatable bonds is 5.